The summed E-state index contributed by atoms with van der Waals surface area (Å²) in [6, 6.07) is 16.9. The molecule has 140 valence electrons. The Morgan fingerprint density at radius 1 is 1.04 bits per heavy atom. The lowest BCUT2D eigenvalue weighted by Gasteiger charge is -2.00. The molecule has 2 aromatic heterocycles. The summed E-state index contributed by atoms with van der Waals surface area (Å²) in [6.45, 7) is 0. The molecule has 0 aliphatic carbocycles. The van der Waals surface area contributed by atoms with Gasteiger partial charge >= 0.3 is 5.97 Å². The van der Waals surface area contributed by atoms with E-state index in [1.165, 1.54) is 0 Å². The van der Waals surface area contributed by atoms with Gasteiger partial charge in [0.05, 0.1) is 6.42 Å². The van der Waals surface area contributed by atoms with E-state index in [-0.39, 0.29) is 12.8 Å². The van der Waals surface area contributed by atoms with Crippen molar-refractivity contribution in [3.63, 3.8) is 0 Å². The number of nitrogens with zero attached hydrogens (tertiary/aromatic N) is 2. The summed E-state index contributed by atoms with van der Waals surface area (Å²) in [6.07, 6.45) is 1.90. The highest BCUT2D eigenvalue weighted by atomic mass is 35.5. The van der Waals surface area contributed by atoms with Gasteiger partial charge in [0.15, 0.2) is 0 Å². The molecule has 0 spiro atoms. The quantitative estimate of drug-likeness (QED) is 0.477. The van der Waals surface area contributed by atoms with E-state index >= 15 is 0 Å². The predicted octanol–water partition coefficient (Wildman–Crippen LogP) is 5.07. The molecule has 7 heteroatoms. The van der Waals surface area contributed by atoms with E-state index < -0.39 is 5.97 Å². The molecule has 0 amide bonds. The molecule has 28 heavy (non-hydrogen) atoms. The van der Waals surface area contributed by atoms with Crippen molar-refractivity contribution in [2.24, 2.45) is 0 Å². The molecule has 0 atom stereocenters. The summed E-state index contributed by atoms with van der Waals surface area (Å²) in [5.41, 5.74) is 2.90. The van der Waals surface area contributed by atoms with Gasteiger partial charge < -0.3 is 14.5 Å². The standard InChI is InChI=1S/C21H16ClN3O3/c22-15-8-6-13(7-9-15)19-17(10-11-18(26)27)28-21(25-19)16-12-23-20(24-16)14-4-2-1-3-5-14/h1-9,12H,10-11H2,(H,23,24)(H,26,27). The number of benzene rings is 2. The average molecular weight is 394 g/mol. The molecule has 0 fully saturated rings. The first-order chi connectivity index (χ1) is 13.6. The molecular weight excluding hydrogens is 378 g/mol. The summed E-state index contributed by atoms with van der Waals surface area (Å²) in [7, 11) is 0. The molecule has 0 aliphatic heterocycles. The zero-order valence-electron chi connectivity index (χ0n) is 14.7. The lowest BCUT2D eigenvalue weighted by atomic mass is 10.1. The normalized spacial score (nSPS) is 10.9. The summed E-state index contributed by atoms with van der Waals surface area (Å²) in [5, 5.41) is 9.64. The molecule has 0 saturated heterocycles. The van der Waals surface area contributed by atoms with E-state index in [0.717, 1.165) is 11.1 Å². The molecular formula is C21H16ClN3O3. The van der Waals surface area contributed by atoms with Crippen molar-refractivity contribution in [1.82, 2.24) is 15.0 Å². The minimum absolute atomic E-state index is 0.0505. The number of halogens is 1. The Morgan fingerprint density at radius 3 is 2.50 bits per heavy atom. The number of H-pyrrole nitrogens is 1. The summed E-state index contributed by atoms with van der Waals surface area (Å²) >= 11 is 5.97. The minimum atomic E-state index is -0.897. The number of nitrogens with one attached hydrogen (secondary N) is 1. The lowest BCUT2D eigenvalue weighted by Crippen LogP contribution is -1.97. The van der Waals surface area contributed by atoms with Crippen LogP contribution in [0, 0.1) is 0 Å². The maximum absolute atomic E-state index is 11.0. The van der Waals surface area contributed by atoms with Crippen LogP contribution < -0.4 is 0 Å². The number of aryl methyl sites for hydroxylation is 1. The highest BCUT2D eigenvalue weighted by Crippen LogP contribution is 2.31. The molecule has 0 unspecified atom stereocenters. The first-order valence-corrected chi connectivity index (χ1v) is 9.06. The second-order valence-corrected chi connectivity index (χ2v) is 6.63. The Bertz CT molecular complexity index is 1100. The largest absolute Gasteiger partial charge is 0.481 e. The number of carboxylic acid groups (broad SMARTS) is 1. The van der Waals surface area contributed by atoms with Gasteiger partial charge in [-0.3, -0.25) is 4.79 Å². The van der Waals surface area contributed by atoms with Crippen LogP contribution in [0.1, 0.15) is 12.2 Å². The molecule has 2 heterocycles. The van der Waals surface area contributed by atoms with Crippen molar-refractivity contribution in [2.75, 3.05) is 0 Å². The number of aromatic nitrogens is 3. The van der Waals surface area contributed by atoms with Crippen LogP contribution in [0.15, 0.2) is 65.2 Å². The van der Waals surface area contributed by atoms with Crippen LogP contribution in [0.3, 0.4) is 0 Å². The van der Waals surface area contributed by atoms with Gasteiger partial charge in [0.1, 0.15) is 23.0 Å². The maximum Gasteiger partial charge on any atom is 0.303 e. The van der Waals surface area contributed by atoms with Gasteiger partial charge in [0.2, 0.25) is 5.89 Å². The lowest BCUT2D eigenvalue weighted by molar-refractivity contribution is -0.137. The topological polar surface area (TPSA) is 92.0 Å². The molecule has 4 rings (SSSR count). The number of aliphatic carboxylic acids is 1. The van der Waals surface area contributed by atoms with E-state index in [4.69, 9.17) is 21.1 Å². The number of hydrogen-bond donors (Lipinski definition) is 2. The van der Waals surface area contributed by atoms with E-state index in [1.54, 1.807) is 18.3 Å². The van der Waals surface area contributed by atoms with Gasteiger partial charge in [-0.2, -0.15) is 0 Å². The van der Waals surface area contributed by atoms with Crippen molar-refractivity contribution >= 4 is 17.6 Å². The number of rotatable bonds is 6. The minimum Gasteiger partial charge on any atom is -0.481 e. The predicted molar refractivity (Wildman–Crippen MR) is 106 cm³/mol. The average Bonchev–Trinajstić information content (AvgIpc) is 3.35. The number of oxazole rings is 1. The second-order valence-electron chi connectivity index (χ2n) is 6.19. The number of carboxylic acids is 1. The van der Waals surface area contributed by atoms with Gasteiger partial charge in [-0.25, -0.2) is 9.97 Å². The van der Waals surface area contributed by atoms with E-state index in [0.29, 0.717) is 33.9 Å². The molecule has 0 bridgehead atoms. The van der Waals surface area contributed by atoms with Crippen molar-refractivity contribution in [3.8, 4) is 34.2 Å². The Kier molecular flexibility index (Phi) is 4.95. The molecule has 0 radical (unpaired) electrons. The Morgan fingerprint density at radius 2 is 1.79 bits per heavy atom. The van der Waals surface area contributed by atoms with Crippen LogP contribution in [0.2, 0.25) is 5.02 Å². The van der Waals surface area contributed by atoms with Crippen molar-refractivity contribution in [2.45, 2.75) is 12.8 Å². The van der Waals surface area contributed by atoms with Gasteiger partial charge in [-0.05, 0) is 12.1 Å². The van der Waals surface area contributed by atoms with E-state index in [2.05, 4.69) is 15.0 Å². The van der Waals surface area contributed by atoms with Crippen LogP contribution in [-0.4, -0.2) is 26.0 Å². The summed E-state index contributed by atoms with van der Waals surface area (Å²) in [5.74, 6) is 0.646. The maximum atomic E-state index is 11.0. The van der Waals surface area contributed by atoms with E-state index in [1.807, 2.05) is 42.5 Å². The Balaban J connectivity index is 1.71. The van der Waals surface area contributed by atoms with Crippen LogP contribution in [-0.2, 0) is 11.2 Å². The first kappa shape index (κ1) is 18.0. The highest BCUT2D eigenvalue weighted by Gasteiger charge is 2.19. The first-order valence-electron chi connectivity index (χ1n) is 8.69. The molecule has 2 aromatic carbocycles. The van der Waals surface area contributed by atoms with Crippen LogP contribution >= 0.6 is 11.6 Å². The van der Waals surface area contributed by atoms with Crippen molar-refractivity contribution in [1.29, 1.82) is 0 Å². The molecule has 2 N–H and O–H groups in total. The fourth-order valence-corrected chi connectivity index (χ4v) is 2.99. The van der Waals surface area contributed by atoms with Crippen molar-refractivity contribution in [3.05, 3.63) is 71.6 Å². The zero-order valence-corrected chi connectivity index (χ0v) is 15.5. The SMILES string of the molecule is O=C(O)CCc1oc(-c2c[nH]c(-c3ccccc3)n2)nc1-c1ccc(Cl)cc1. The number of hydrogen-bond acceptors (Lipinski definition) is 4. The summed E-state index contributed by atoms with van der Waals surface area (Å²) < 4.78 is 5.90. The smallest absolute Gasteiger partial charge is 0.303 e. The van der Waals surface area contributed by atoms with Crippen LogP contribution in [0.4, 0.5) is 0 Å². The van der Waals surface area contributed by atoms with Gasteiger partial charge in [-0.15, -0.1) is 0 Å². The molecule has 0 aliphatic rings. The van der Waals surface area contributed by atoms with Gasteiger partial charge in [0.25, 0.3) is 0 Å². The van der Waals surface area contributed by atoms with Gasteiger partial charge in [0, 0.05) is 28.8 Å². The molecule has 6 nitrogen and oxygen atoms in total. The van der Waals surface area contributed by atoms with E-state index in [9.17, 15) is 4.79 Å². The molecule has 0 saturated carbocycles. The second kappa shape index (κ2) is 7.70. The van der Waals surface area contributed by atoms with Crippen molar-refractivity contribution < 1.29 is 14.3 Å². The zero-order chi connectivity index (χ0) is 19.5. The monoisotopic (exact) mass is 393 g/mol. The third-order valence-corrected chi connectivity index (χ3v) is 4.48. The number of aromatic amines is 1. The fraction of sp³-hybridized carbons (Fsp3) is 0.0952. The third kappa shape index (κ3) is 3.82. The Labute approximate surface area is 165 Å². The fourth-order valence-electron chi connectivity index (χ4n) is 2.86. The number of imidazole rings is 1. The van der Waals surface area contributed by atoms with Gasteiger partial charge in [-0.1, -0.05) is 54.1 Å². The Hall–Kier alpha value is -3.38. The van der Waals surface area contributed by atoms with Crippen LogP contribution in [0.25, 0.3) is 34.2 Å². The highest BCUT2D eigenvalue weighted by molar-refractivity contribution is 6.30. The third-order valence-electron chi connectivity index (χ3n) is 4.23. The summed E-state index contributed by atoms with van der Waals surface area (Å²) in [4.78, 5) is 23.3. The van der Waals surface area contributed by atoms with Crippen LogP contribution in [0.5, 0.6) is 0 Å². The molecule has 4 aromatic rings. The number of carbonyl (C=O) groups is 1.